The molecule has 7 nitrogen and oxygen atoms in total. The standard InChI is InChI=1S/C25H17I2N3O4/c26-22-11-16(14-28-29-25(31)18-7-4-9-20(13-18)30(32)33)12-23(27)24(22)34-15-19-8-3-6-17-5-1-2-10-21(17)19/h1-14H,15H2,(H,29,31)/b28-14+. The van der Waals surface area contributed by atoms with Crippen molar-refractivity contribution in [2.24, 2.45) is 5.10 Å². The number of benzene rings is 4. The maximum absolute atomic E-state index is 12.2. The number of amides is 1. The van der Waals surface area contributed by atoms with Crippen molar-refractivity contribution in [1.29, 1.82) is 0 Å². The molecule has 0 fully saturated rings. The van der Waals surface area contributed by atoms with Gasteiger partial charge in [0.25, 0.3) is 11.6 Å². The van der Waals surface area contributed by atoms with E-state index >= 15 is 0 Å². The SMILES string of the molecule is O=C(N/N=C/c1cc(I)c(OCc2cccc3ccccc23)c(I)c1)c1cccc([N+](=O)[O-])c1. The van der Waals surface area contributed by atoms with Crippen LogP contribution in [0.25, 0.3) is 10.8 Å². The fourth-order valence-corrected chi connectivity index (χ4v) is 5.48. The number of fused-ring (bicyclic) bond motifs is 1. The van der Waals surface area contributed by atoms with Gasteiger partial charge in [0.15, 0.2) is 0 Å². The van der Waals surface area contributed by atoms with E-state index in [0.29, 0.717) is 6.61 Å². The number of hydrogen-bond donors (Lipinski definition) is 1. The van der Waals surface area contributed by atoms with Crippen LogP contribution in [0.4, 0.5) is 5.69 Å². The fraction of sp³-hybridized carbons (Fsp3) is 0.0400. The molecule has 4 aromatic carbocycles. The first kappa shape index (κ1) is 24.1. The first-order valence-corrected chi connectivity index (χ1v) is 12.2. The Morgan fingerprint density at radius 3 is 2.47 bits per heavy atom. The minimum Gasteiger partial charge on any atom is -0.487 e. The molecule has 0 aliphatic carbocycles. The molecule has 0 aliphatic rings. The van der Waals surface area contributed by atoms with Gasteiger partial charge < -0.3 is 4.74 Å². The zero-order chi connectivity index (χ0) is 24.1. The number of nitro benzene ring substituents is 1. The molecule has 4 aromatic rings. The molecule has 0 saturated heterocycles. The van der Waals surface area contributed by atoms with Gasteiger partial charge in [0.1, 0.15) is 12.4 Å². The maximum atomic E-state index is 12.2. The van der Waals surface area contributed by atoms with Gasteiger partial charge in [-0.05, 0) is 85.3 Å². The summed E-state index contributed by atoms with van der Waals surface area (Å²) in [5.41, 5.74) is 4.30. The molecule has 0 spiro atoms. The van der Waals surface area contributed by atoms with E-state index < -0.39 is 10.8 Å². The van der Waals surface area contributed by atoms with Gasteiger partial charge in [0, 0.05) is 17.7 Å². The van der Waals surface area contributed by atoms with Crippen LogP contribution in [0.1, 0.15) is 21.5 Å². The summed E-state index contributed by atoms with van der Waals surface area (Å²) in [5.74, 6) is 0.256. The van der Waals surface area contributed by atoms with Crippen molar-refractivity contribution >= 4 is 73.8 Å². The number of hydrazone groups is 1. The van der Waals surface area contributed by atoms with Crippen molar-refractivity contribution in [3.63, 3.8) is 0 Å². The van der Waals surface area contributed by atoms with Crippen LogP contribution in [0.2, 0.25) is 0 Å². The average Bonchev–Trinajstić information content (AvgIpc) is 2.83. The van der Waals surface area contributed by atoms with Crippen LogP contribution in [-0.4, -0.2) is 17.0 Å². The summed E-state index contributed by atoms with van der Waals surface area (Å²) in [6, 6.07) is 23.7. The lowest BCUT2D eigenvalue weighted by atomic mass is 10.1. The van der Waals surface area contributed by atoms with E-state index in [-0.39, 0.29) is 11.3 Å². The first-order valence-electron chi connectivity index (χ1n) is 10.1. The number of rotatable bonds is 7. The Labute approximate surface area is 222 Å². The Balaban J connectivity index is 1.44. The third-order valence-electron chi connectivity index (χ3n) is 4.97. The molecule has 0 heterocycles. The van der Waals surface area contributed by atoms with Gasteiger partial charge in [0.05, 0.1) is 18.3 Å². The summed E-state index contributed by atoms with van der Waals surface area (Å²) in [6.45, 7) is 0.445. The van der Waals surface area contributed by atoms with E-state index in [1.54, 1.807) is 0 Å². The van der Waals surface area contributed by atoms with E-state index in [0.717, 1.165) is 24.0 Å². The minimum absolute atomic E-state index is 0.153. The fourth-order valence-electron chi connectivity index (χ4n) is 3.35. The van der Waals surface area contributed by atoms with E-state index in [1.807, 2.05) is 30.3 Å². The second-order valence-corrected chi connectivity index (χ2v) is 9.57. The Morgan fingerprint density at radius 1 is 1.00 bits per heavy atom. The molecule has 1 amide bonds. The van der Waals surface area contributed by atoms with Crippen LogP contribution in [0.15, 0.2) is 84.0 Å². The Morgan fingerprint density at radius 2 is 1.71 bits per heavy atom. The molecule has 0 atom stereocenters. The van der Waals surface area contributed by atoms with Gasteiger partial charge >= 0.3 is 0 Å². The van der Waals surface area contributed by atoms with E-state index in [4.69, 9.17) is 4.74 Å². The molecule has 0 unspecified atom stereocenters. The van der Waals surface area contributed by atoms with Gasteiger partial charge in [-0.2, -0.15) is 5.10 Å². The van der Waals surface area contributed by atoms with E-state index in [2.05, 4.69) is 80.0 Å². The smallest absolute Gasteiger partial charge is 0.271 e. The quantitative estimate of drug-likeness (QED) is 0.108. The highest BCUT2D eigenvalue weighted by Crippen LogP contribution is 2.30. The van der Waals surface area contributed by atoms with Gasteiger partial charge in [-0.1, -0.05) is 48.5 Å². The Bertz CT molecular complexity index is 1390. The molecule has 170 valence electrons. The lowest BCUT2D eigenvalue weighted by molar-refractivity contribution is -0.384. The molecule has 0 radical (unpaired) electrons. The molecule has 1 N–H and O–H groups in total. The largest absolute Gasteiger partial charge is 0.487 e. The topological polar surface area (TPSA) is 93.8 Å². The number of non-ortho nitro benzene ring substituents is 1. The zero-order valence-corrected chi connectivity index (χ0v) is 21.9. The van der Waals surface area contributed by atoms with Crippen LogP contribution in [0, 0.1) is 17.3 Å². The lowest BCUT2D eigenvalue weighted by Crippen LogP contribution is -2.17. The van der Waals surface area contributed by atoms with Gasteiger partial charge in [-0.15, -0.1) is 0 Å². The molecule has 4 rings (SSSR count). The zero-order valence-electron chi connectivity index (χ0n) is 17.6. The van der Waals surface area contributed by atoms with Crippen molar-refractivity contribution in [1.82, 2.24) is 5.43 Å². The molecular weight excluding hydrogens is 660 g/mol. The van der Waals surface area contributed by atoms with Crippen molar-refractivity contribution in [2.45, 2.75) is 6.61 Å². The second kappa shape index (κ2) is 10.9. The van der Waals surface area contributed by atoms with Crippen molar-refractivity contribution in [2.75, 3.05) is 0 Å². The maximum Gasteiger partial charge on any atom is 0.271 e. The number of carbonyl (C=O) groups excluding carboxylic acids is 1. The number of ether oxygens (including phenoxy) is 1. The van der Waals surface area contributed by atoms with Crippen molar-refractivity contribution in [3.05, 3.63) is 113 Å². The third kappa shape index (κ3) is 5.70. The second-order valence-electron chi connectivity index (χ2n) is 7.25. The summed E-state index contributed by atoms with van der Waals surface area (Å²) in [7, 11) is 0. The first-order chi connectivity index (χ1) is 16.4. The van der Waals surface area contributed by atoms with Crippen molar-refractivity contribution < 1.29 is 14.5 Å². The molecule has 0 aliphatic heterocycles. The summed E-state index contributed by atoms with van der Waals surface area (Å²) >= 11 is 4.43. The number of carbonyl (C=O) groups is 1. The molecule has 0 saturated carbocycles. The Kier molecular flexibility index (Phi) is 7.73. The summed E-state index contributed by atoms with van der Waals surface area (Å²) in [6.07, 6.45) is 1.52. The summed E-state index contributed by atoms with van der Waals surface area (Å²) in [4.78, 5) is 22.6. The molecule has 0 aromatic heterocycles. The summed E-state index contributed by atoms with van der Waals surface area (Å²) < 4.78 is 7.99. The van der Waals surface area contributed by atoms with Crippen LogP contribution in [0.3, 0.4) is 0 Å². The van der Waals surface area contributed by atoms with Gasteiger partial charge in [0.2, 0.25) is 0 Å². The highest BCUT2D eigenvalue weighted by atomic mass is 127. The van der Waals surface area contributed by atoms with Gasteiger partial charge in [-0.3, -0.25) is 14.9 Å². The third-order valence-corrected chi connectivity index (χ3v) is 6.57. The van der Waals surface area contributed by atoms with Crippen LogP contribution >= 0.6 is 45.2 Å². The van der Waals surface area contributed by atoms with Crippen LogP contribution < -0.4 is 10.2 Å². The monoisotopic (exact) mass is 677 g/mol. The number of nitro groups is 1. The number of hydrogen-bond acceptors (Lipinski definition) is 5. The summed E-state index contributed by atoms with van der Waals surface area (Å²) in [5, 5.41) is 17.2. The minimum atomic E-state index is -0.548. The molecular formula is C25H17I2N3O4. The normalized spacial score (nSPS) is 11.0. The van der Waals surface area contributed by atoms with Crippen molar-refractivity contribution in [3.8, 4) is 5.75 Å². The number of nitrogens with zero attached hydrogens (tertiary/aromatic N) is 2. The average molecular weight is 677 g/mol. The highest BCUT2D eigenvalue weighted by molar-refractivity contribution is 14.1. The molecule has 9 heteroatoms. The lowest BCUT2D eigenvalue weighted by Gasteiger charge is -2.13. The van der Waals surface area contributed by atoms with Gasteiger partial charge in [-0.25, -0.2) is 5.43 Å². The number of halogens is 2. The molecule has 34 heavy (non-hydrogen) atoms. The predicted octanol–water partition coefficient (Wildman–Crippen LogP) is 6.30. The van der Waals surface area contributed by atoms with E-state index in [1.165, 1.54) is 41.3 Å². The van der Waals surface area contributed by atoms with E-state index in [9.17, 15) is 14.9 Å². The number of nitrogens with one attached hydrogen (secondary N) is 1. The predicted molar refractivity (Wildman–Crippen MR) is 148 cm³/mol. The van der Waals surface area contributed by atoms with Crippen LogP contribution in [-0.2, 0) is 6.61 Å². The highest BCUT2D eigenvalue weighted by Gasteiger charge is 2.12. The van der Waals surface area contributed by atoms with Crippen LogP contribution in [0.5, 0.6) is 5.75 Å². The Hall–Kier alpha value is -3.06. The molecule has 0 bridgehead atoms.